The fourth-order valence-electron chi connectivity index (χ4n) is 6.89. The van der Waals surface area contributed by atoms with Gasteiger partial charge < -0.3 is 0 Å². The first-order chi connectivity index (χ1) is 17.3. The molecule has 0 fully saturated rings. The summed E-state index contributed by atoms with van der Waals surface area (Å²) in [5, 5.41) is 0. The average Bonchev–Trinajstić information content (AvgIpc) is 3.28. The lowest BCUT2D eigenvalue weighted by atomic mass is 10.1. The zero-order valence-electron chi connectivity index (χ0n) is 24.8. The van der Waals surface area contributed by atoms with Crippen LogP contribution >= 0.6 is 11.7 Å². The molecule has 7 heteroatoms. The smallest absolute Gasteiger partial charge is 0.146 e. The molecule has 3 aromatic rings. The third kappa shape index (κ3) is 5.03. The van der Waals surface area contributed by atoms with Crippen LogP contribution in [0.4, 0.5) is 0 Å². The molecule has 2 aromatic heterocycles. The summed E-state index contributed by atoms with van der Waals surface area (Å²) in [6, 6.07) is 0. The molecule has 0 unspecified atom stereocenters. The minimum absolute atomic E-state index is 0.549. The Morgan fingerprint density at radius 2 is 0.811 bits per heavy atom. The van der Waals surface area contributed by atoms with Crippen LogP contribution in [0.25, 0.3) is 22.1 Å². The van der Waals surface area contributed by atoms with E-state index in [1.807, 2.05) is 0 Å². The molecule has 0 saturated carbocycles. The van der Waals surface area contributed by atoms with E-state index in [1.54, 1.807) is 12.4 Å². The van der Waals surface area contributed by atoms with Crippen molar-refractivity contribution in [3.63, 3.8) is 0 Å². The Bertz CT molecular complexity index is 1230. The lowest BCUT2D eigenvalue weighted by molar-refractivity contribution is 0.838. The fraction of sp³-hybridized carbons (Fsp3) is 0.600. The lowest BCUT2D eigenvalue weighted by Crippen LogP contribution is -2.43. The predicted molar refractivity (Wildman–Crippen MR) is 166 cm³/mol. The van der Waals surface area contributed by atoms with Crippen molar-refractivity contribution in [3.8, 4) is 22.9 Å². The quantitative estimate of drug-likeness (QED) is 0.228. The molecule has 4 nitrogen and oxygen atoms in total. The van der Waals surface area contributed by atoms with Gasteiger partial charge >= 0.3 is 0 Å². The van der Waals surface area contributed by atoms with Gasteiger partial charge in [-0.05, 0) is 33.2 Å². The number of rotatable bonds is 6. The minimum Gasteiger partial charge on any atom is -0.252 e. The van der Waals surface area contributed by atoms with Crippen molar-refractivity contribution in [2.45, 2.75) is 116 Å². The first-order valence-electron chi connectivity index (χ1n) is 13.8. The Kier molecular flexibility index (Phi) is 9.05. The second-order valence-electron chi connectivity index (χ2n) is 12.3. The maximum absolute atomic E-state index is 4.79. The molecule has 0 spiro atoms. The molecule has 37 heavy (non-hydrogen) atoms. The molecular formula is C30H44N4SSi2. The predicted octanol–water partition coefficient (Wildman–Crippen LogP) is 8.77. The second kappa shape index (κ2) is 11.4. The van der Waals surface area contributed by atoms with E-state index in [-0.39, 0.29) is 0 Å². The third-order valence-corrected chi connectivity index (χ3v) is 21.8. The Labute approximate surface area is 230 Å². The van der Waals surface area contributed by atoms with Gasteiger partial charge in [-0.1, -0.05) is 94.9 Å². The molecule has 0 aliphatic carbocycles. The van der Waals surface area contributed by atoms with Crippen molar-refractivity contribution in [2.75, 3.05) is 0 Å². The van der Waals surface area contributed by atoms with Gasteiger partial charge in [-0.3, -0.25) is 9.97 Å². The van der Waals surface area contributed by atoms with Gasteiger partial charge in [0, 0.05) is 12.4 Å². The average molecular weight is 549 g/mol. The Hall–Kier alpha value is -2.07. The number of aromatic nitrogens is 4. The van der Waals surface area contributed by atoms with Gasteiger partial charge in [0.15, 0.2) is 0 Å². The highest BCUT2D eigenvalue weighted by molar-refractivity contribution is 7.00. The van der Waals surface area contributed by atoms with Crippen LogP contribution in [-0.2, 0) is 0 Å². The summed E-state index contributed by atoms with van der Waals surface area (Å²) in [5.41, 5.74) is 16.0. The summed E-state index contributed by atoms with van der Waals surface area (Å²) in [6.45, 7) is 28.1. The number of benzene rings is 1. The molecule has 0 N–H and O–H groups in total. The van der Waals surface area contributed by atoms with Gasteiger partial charge in [0.1, 0.15) is 38.2 Å². The fourth-order valence-corrected chi connectivity index (χ4v) is 17.9. The summed E-state index contributed by atoms with van der Waals surface area (Å²) in [5.74, 6) is 7.26. The van der Waals surface area contributed by atoms with E-state index >= 15 is 0 Å². The first kappa shape index (κ1) is 29.5. The Morgan fingerprint density at radius 1 is 0.514 bits per heavy atom. The van der Waals surface area contributed by atoms with Gasteiger partial charge in [-0.15, -0.1) is 11.1 Å². The highest BCUT2D eigenvalue weighted by Gasteiger charge is 2.43. The highest BCUT2D eigenvalue weighted by atomic mass is 32.1. The van der Waals surface area contributed by atoms with E-state index in [2.05, 4.69) is 106 Å². The number of hydrogen-bond donors (Lipinski definition) is 0. The zero-order valence-corrected chi connectivity index (χ0v) is 27.6. The topological polar surface area (TPSA) is 51.6 Å². The molecule has 0 bridgehead atoms. The summed E-state index contributed by atoms with van der Waals surface area (Å²) >= 11 is 1.23. The molecule has 0 saturated heterocycles. The molecule has 0 aliphatic heterocycles. The Balaban J connectivity index is 2.39. The molecule has 0 atom stereocenters. The van der Waals surface area contributed by atoms with Gasteiger partial charge in [-0.2, -0.15) is 8.75 Å². The summed E-state index contributed by atoms with van der Waals surface area (Å²) in [6.07, 6.45) is 3.51. The van der Waals surface area contributed by atoms with Crippen molar-refractivity contribution >= 4 is 49.9 Å². The van der Waals surface area contributed by atoms with E-state index in [0.29, 0.717) is 33.2 Å². The maximum Gasteiger partial charge on any atom is 0.146 e. The van der Waals surface area contributed by atoms with E-state index in [1.165, 1.54) is 11.7 Å². The summed E-state index contributed by atoms with van der Waals surface area (Å²) in [7, 11) is -3.87. The first-order valence-corrected chi connectivity index (χ1v) is 19.0. The normalized spacial score (nSPS) is 12.8. The summed E-state index contributed by atoms with van der Waals surface area (Å²) in [4.78, 5) is 9.57. The van der Waals surface area contributed by atoms with Crippen molar-refractivity contribution in [1.82, 2.24) is 18.7 Å². The van der Waals surface area contributed by atoms with Crippen molar-refractivity contribution in [2.24, 2.45) is 0 Å². The SMILES string of the molecule is CC(C)[Si](C#Cc1c2nccnc2c(C#C[Si](C(C)C)(C(C)C)C(C)C)c2nsnc12)(C(C)C)C(C)C. The second-order valence-corrected chi connectivity index (χ2v) is 23.9. The molecule has 0 radical (unpaired) electrons. The Morgan fingerprint density at radius 3 is 1.08 bits per heavy atom. The monoisotopic (exact) mass is 548 g/mol. The minimum atomic E-state index is -1.93. The zero-order chi connectivity index (χ0) is 27.7. The number of fused-ring (bicyclic) bond motifs is 2. The molecule has 198 valence electrons. The van der Waals surface area contributed by atoms with Crippen LogP contribution in [0.3, 0.4) is 0 Å². The summed E-state index contributed by atoms with van der Waals surface area (Å²) < 4.78 is 9.47. The van der Waals surface area contributed by atoms with E-state index in [0.717, 1.165) is 33.2 Å². The van der Waals surface area contributed by atoms with Gasteiger partial charge in [0.2, 0.25) is 0 Å². The lowest BCUT2D eigenvalue weighted by Gasteiger charge is -2.38. The standard InChI is InChI=1S/C30H44N4SSi2/c1-19(2)36(20(3)4,21(5)6)17-13-25-27-28(32-16-15-31-27)26(30-29(25)33-35-34-30)14-18-37(22(7)8,23(9)10)24(11)12/h15-16,19-24H,1-12H3. The number of nitrogens with zero attached hydrogens (tertiary/aromatic N) is 4. The molecule has 3 rings (SSSR count). The molecule has 2 heterocycles. The molecular weight excluding hydrogens is 505 g/mol. The van der Waals surface area contributed by atoms with Gasteiger partial charge in [-0.25, -0.2) is 0 Å². The largest absolute Gasteiger partial charge is 0.252 e. The van der Waals surface area contributed by atoms with Crippen LogP contribution in [0.15, 0.2) is 12.4 Å². The molecule has 0 amide bonds. The van der Waals surface area contributed by atoms with Crippen molar-refractivity contribution in [1.29, 1.82) is 0 Å². The van der Waals surface area contributed by atoms with Crippen LogP contribution in [0.5, 0.6) is 0 Å². The van der Waals surface area contributed by atoms with Crippen LogP contribution in [-0.4, -0.2) is 34.9 Å². The van der Waals surface area contributed by atoms with Gasteiger partial charge in [0.05, 0.1) is 22.9 Å². The molecule has 1 aromatic carbocycles. The van der Waals surface area contributed by atoms with Crippen LogP contribution < -0.4 is 0 Å². The molecule has 0 aliphatic rings. The van der Waals surface area contributed by atoms with Gasteiger partial charge in [0.25, 0.3) is 0 Å². The third-order valence-electron chi connectivity index (χ3n) is 8.67. The number of hydrogen-bond acceptors (Lipinski definition) is 5. The van der Waals surface area contributed by atoms with E-state index in [9.17, 15) is 0 Å². The van der Waals surface area contributed by atoms with Crippen LogP contribution in [0, 0.1) is 22.9 Å². The van der Waals surface area contributed by atoms with Crippen molar-refractivity contribution in [3.05, 3.63) is 23.5 Å². The maximum atomic E-state index is 4.79. The van der Waals surface area contributed by atoms with Crippen molar-refractivity contribution < 1.29 is 0 Å². The van der Waals surface area contributed by atoms with E-state index < -0.39 is 16.1 Å². The van der Waals surface area contributed by atoms with Crippen LogP contribution in [0.2, 0.25) is 33.2 Å². The van der Waals surface area contributed by atoms with E-state index in [4.69, 9.17) is 18.7 Å². The highest BCUT2D eigenvalue weighted by Crippen LogP contribution is 2.42. The van der Waals surface area contributed by atoms with Crippen LogP contribution in [0.1, 0.15) is 94.2 Å².